The second-order valence-electron chi connectivity index (χ2n) is 5.54. The third-order valence-corrected chi connectivity index (χ3v) is 4.21. The van der Waals surface area contributed by atoms with Gasteiger partial charge in [-0.25, -0.2) is 9.59 Å². The van der Waals surface area contributed by atoms with Gasteiger partial charge in [0.2, 0.25) is 0 Å². The van der Waals surface area contributed by atoms with Gasteiger partial charge in [-0.2, -0.15) is 0 Å². The number of aliphatic carboxylic acids is 2. The molecule has 3 N–H and O–H groups in total. The van der Waals surface area contributed by atoms with E-state index in [1.807, 2.05) is 0 Å². The number of carboxylic acids is 2. The fourth-order valence-corrected chi connectivity index (χ4v) is 2.76. The maximum Gasteiger partial charge on any atom is 0.329 e. The Labute approximate surface area is 121 Å². The van der Waals surface area contributed by atoms with E-state index >= 15 is 0 Å². The van der Waals surface area contributed by atoms with E-state index < -0.39 is 35.3 Å². The molecule has 2 rings (SSSR count). The first-order valence-corrected chi connectivity index (χ1v) is 6.97. The van der Waals surface area contributed by atoms with Crippen molar-refractivity contribution in [2.45, 2.75) is 50.1 Å². The molecule has 1 aliphatic carbocycles. The number of nitrogens with zero attached hydrogens (tertiary/aromatic N) is 1. The molecule has 0 aromatic heterocycles. The summed E-state index contributed by atoms with van der Waals surface area (Å²) in [6.45, 7) is 0.198. The molecule has 0 unspecified atom stereocenters. The zero-order valence-corrected chi connectivity index (χ0v) is 11.5. The fraction of sp³-hybridized carbons (Fsp3) is 0.692. The van der Waals surface area contributed by atoms with Crippen LogP contribution in [0.4, 0.5) is 0 Å². The predicted molar refractivity (Wildman–Crippen MR) is 69.3 cm³/mol. The van der Waals surface area contributed by atoms with Gasteiger partial charge in [0.05, 0.1) is 0 Å². The maximum absolute atomic E-state index is 12.1. The molecule has 1 aliphatic heterocycles. The summed E-state index contributed by atoms with van der Waals surface area (Å²) in [6.07, 6.45) is 2.85. The topological polar surface area (TPSA) is 124 Å². The quantitative estimate of drug-likeness (QED) is 0.608. The van der Waals surface area contributed by atoms with E-state index in [-0.39, 0.29) is 19.4 Å². The first-order valence-electron chi connectivity index (χ1n) is 6.97. The smallest absolute Gasteiger partial charge is 0.329 e. The van der Waals surface area contributed by atoms with Crippen LogP contribution in [-0.4, -0.2) is 57.0 Å². The number of carbonyl (C=O) groups is 4. The van der Waals surface area contributed by atoms with E-state index in [0.717, 1.165) is 4.90 Å². The Balaban J connectivity index is 2.06. The number of nitrogens with one attached hydrogen (secondary N) is 1. The van der Waals surface area contributed by atoms with Crippen LogP contribution in [0, 0.1) is 0 Å². The molecule has 1 saturated carbocycles. The lowest BCUT2D eigenvalue weighted by Crippen LogP contribution is -2.63. The van der Waals surface area contributed by atoms with E-state index in [0.29, 0.717) is 25.7 Å². The summed E-state index contributed by atoms with van der Waals surface area (Å²) in [5.41, 5.74) is -1.37. The van der Waals surface area contributed by atoms with E-state index in [4.69, 9.17) is 10.2 Å². The minimum absolute atomic E-state index is 0.198. The molecule has 2 amide bonds. The summed E-state index contributed by atoms with van der Waals surface area (Å²) < 4.78 is 0. The van der Waals surface area contributed by atoms with Gasteiger partial charge in [-0.1, -0.05) is 0 Å². The van der Waals surface area contributed by atoms with Gasteiger partial charge in [-0.3, -0.25) is 9.59 Å². The van der Waals surface area contributed by atoms with Crippen LogP contribution in [0.25, 0.3) is 0 Å². The number of carboxylic acid groups (broad SMARTS) is 2. The number of amides is 2. The van der Waals surface area contributed by atoms with Crippen molar-refractivity contribution in [2.75, 3.05) is 6.54 Å². The average molecular weight is 298 g/mol. The molecular formula is C13H18N2O6. The molecule has 2 aliphatic rings. The van der Waals surface area contributed by atoms with E-state index in [9.17, 15) is 19.2 Å². The first-order chi connectivity index (χ1) is 9.87. The van der Waals surface area contributed by atoms with Crippen molar-refractivity contribution < 1.29 is 29.4 Å². The number of likely N-dealkylation sites (tertiary alicyclic amines) is 1. The molecule has 2 fully saturated rings. The standard InChI is InChI=1S/C13H18N2O6/c16-9(14-13(12(20)21)5-3-6-13)10(17)15-7-2-1-4-8(15)11(18)19/h8H,1-7H2,(H,14,16)(H,18,19)(H,20,21)/t8-/m0/s1. The van der Waals surface area contributed by atoms with Crippen molar-refractivity contribution in [3.8, 4) is 0 Å². The monoisotopic (exact) mass is 298 g/mol. The van der Waals surface area contributed by atoms with Crippen molar-refractivity contribution in [3.05, 3.63) is 0 Å². The highest BCUT2D eigenvalue weighted by atomic mass is 16.4. The second kappa shape index (κ2) is 5.71. The summed E-state index contributed by atoms with van der Waals surface area (Å²) in [4.78, 5) is 47.4. The largest absolute Gasteiger partial charge is 0.480 e. The Morgan fingerprint density at radius 2 is 1.71 bits per heavy atom. The lowest BCUT2D eigenvalue weighted by atomic mass is 9.76. The van der Waals surface area contributed by atoms with Crippen molar-refractivity contribution in [1.82, 2.24) is 10.2 Å². The second-order valence-corrected chi connectivity index (χ2v) is 5.54. The lowest BCUT2D eigenvalue weighted by molar-refractivity contribution is -0.160. The van der Waals surface area contributed by atoms with Crippen LogP contribution in [0.1, 0.15) is 38.5 Å². The molecule has 116 valence electrons. The summed E-state index contributed by atoms with van der Waals surface area (Å²) in [6, 6.07) is -1.01. The Kier molecular flexibility index (Phi) is 4.15. The minimum Gasteiger partial charge on any atom is -0.480 e. The van der Waals surface area contributed by atoms with Gasteiger partial charge in [-0.05, 0) is 38.5 Å². The van der Waals surface area contributed by atoms with Crippen LogP contribution < -0.4 is 5.32 Å². The van der Waals surface area contributed by atoms with Crippen LogP contribution in [-0.2, 0) is 19.2 Å². The van der Waals surface area contributed by atoms with Gasteiger partial charge < -0.3 is 20.4 Å². The zero-order chi connectivity index (χ0) is 15.6. The molecular weight excluding hydrogens is 280 g/mol. The van der Waals surface area contributed by atoms with Crippen LogP contribution in [0.2, 0.25) is 0 Å². The Morgan fingerprint density at radius 1 is 1.05 bits per heavy atom. The predicted octanol–water partition coefficient (Wildman–Crippen LogP) is -0.424. The molecule has 0 aromatic carbocycles. The molecule has 1 atom stereocenters. The van der Waals surface area contributed by atoms with E-state index in [2.05, 4.69) is 5.32 Å². The molecule has 8 nitrogen and oxygen atoms in total. The summed E-state index contributed by atoms with van der Waals surface area (Å²) in [7, 11) is 0. The van der Waals surface area contributed by atoms with Gasteiger partial charge in [-0.15, -0.1) is 0 Å². The summed E-state index contributed by atoms with van der Waals surface area (Å²) >= 11 is 0. The van der Waals surface area contributed by atoms with Gasteiger partial charge in [0.15, 0.2) is 0 Å². The number of hydrogen-bond donors (Lipinski definition) is 3. The zero-order valence-electron chi connectivity index (χ0n) is 11.5. The summed E-state index contributed by atoms with van der Waals surface area (Å²) in [5.74, 6) is -4.31. The Morgan fingerprint density at radius 3 is 2.19 bits per heavy atom. The van der Waals surface area contributed by atoms with Gasteiger partial charge >= 0.3 is 23.8 Å². The molecule has 1 heterocycles. The molecule has 1 saturated heterocycles. The molecule has 8 heteroatoms. The molecule has 0 bridgehead atoms. The van der Waals surface area contributed by atoms with Crippen molar-refractivity contribution in [2.24, 2.45) is 0 Å². The number of carbonyl (C=O) groups excluding carboxylic acids is 2. The van der Waals surface area contributed by atoms with Crippen molar-refractivity contribution >= 4 is 23.8 Å². The van der Waals surface area contributed by atoms with Gasteiger partial charge in [0, 0.05) is 6.54 Å². The lowest BCUT2D eigenvalue weighted by Gasteiger charge is -2.39. The minimum atomic E-state index is -1.37. The highest BCUT2D eigenvalue weighted by molar-refractivity contribution is 6.36. The highest BCUT2D eigenvalue weighted by Gasteiger charge is 2.47. The van der Waals surface area contributed by atoms with E-state index in [1.165, 1.54) is 0 Å². The van der Waals surface area contributed by atoms with Crippen LogP contribution >= 0.6 is 0 Å². The molecule has 0 radical (unpaired) electrons. The molecule has 21 heavy (non-hydrogen) atoms. The third kappa shape index (κ3) is 2.84. The van der Waals surface area contributed by atoms with Crippen molar-refractivity contribution in [1.29, 1.82) is 0 Å². The van der Waals surface area contributed by atoms with Crippen molar-refractivity contribution in [3.63, 3.8) is 0 Å². The normalized spacial score (nSPS) is 23.8. The van der Waals surface area contributed by atoms with Crippen LogP contribution in [0.3, 0.4) is 0 Å². The number of hydrogen-bond acceptors (Lipinski definition) is 4. The molecule has 0 spiro atoms. The third-order valence-electron chi connectivity index (χ3n) is 4.21. The van der Waals surface area contributed by atoms with Gasteiger partial charge in [0.1, 0.15) is 11.6 Å². The fourth-order valence-electron chi connectivity index (χ4n) is 2.76. The highest BCUT2D eigenvalue weighted by Crippen LogP contribution is 2.32. The average Bonchev–Trinajstić information content (AvgIpc) is 2.41. The van der Waals surface area contributed by atoms with Gasteiger partial charge in [0.25, 0.3) is 0 Å². The van der Waals surface area contributed by atoms with E-state index in [1.54, 1.807) is 0 Å². The summed E-state index contributed by atoms with van der Waals surface area (Å²) in [5, 5.41) is 20.5. The Hall–Kier alpha value is -2.12. The number of piperidine rings is 1. The first kappa shape index (κ1) is 15.3. The Bertz CT molecular complexity index is 485. The van der Waals surface area contributed by atoms with Crippen LogP contribution in [0.15, 0.2) is 0 Å². The number of rotatable bonds is 3. The maximum atomic E-state index is 12.1. The SMILES string of the molecule is O=C(NC1(C(=O)O)CCC1)C(=O)N1CCCC[C@H]1C(=O)O. The molecule has 0 aromatic rings. The van der Waals surface area contributed by atoms with Crippen LogP contribution in [0.5, 0.6) is 0 Å².